The lowest BCUT2D eigenvalue weighted by Gasteiger charge is -2.49. The number of carbonyl (C=O) groups excluding carboxylic acids is 3. The van der Waals surface area contributed by atoms with Gasteiger partial charge in [-0.15, -0.1) is 5.10 Å². The number of hydrogen-bond acceptors (Lipinski definition) is 20. The Kier molecular flexibility index (Phi) is 19.9. The van der Waals surface area contributed by atoms with Gasteiger partial charge in [0.15, 0.2) is 30.5 Å². The van der Waals surface area contributed by atoms with E-state index >= 15 is 0 Å². The van der Waals surface area contributed by atoms with Crippen LogP contribution in [-0.2, 0) is 47.5 Å². The van der Waals surface area contributed by atoms with Gasteiger partial charge in [-0.25, -0.2) is 13.5 Å². The Labute approximate surface area is 426 Å². The molecule has 2 aromatic rings. The van der Waals surface area contributed by atoms with Crippen molar-refractivity contribution in [3.63, 3.8) is 0 Å². The summed E-state index contributed by atoms with van der Waals surface area (Å²) in [6.07, 6.45) is -18.7. The van der Waals surface area contributed by atoms with Crippen LogP contribution in [-0.4, -0.2) is 222 Å². The van der Waals surface area contributed by atoms with Crippen molar-refractivity contribution >= 4 is 17.7 Å². The Balaban J connectivity index is 1.08. The third-order valence-corrected chi connectivity index (χ3v) is 14.6. The maximum atomic E-state index is 14.3. The summed E-state index contributed by atoms with van der Waals surface area (Å²) in [7, 11) is 0. The largest absolute Gasteiger partial charge is 0.394 e. The third kappa shape index (κ3) is 12.7. The Hall–Kier alpha value is -3.97. The van der Waals surface area contributed by atoms with Crippen molar-refractivity contribution in [1.29, 1.82) is 0 Å². The van der Waals surface area contributed by atoms with E-state index in [0.29, 0.717) is 25.9 Å². The Morgan fingerprint density at radius 1 is 0.865 bits per heavy atom. The van der Waals surface area contributed by atoms with Crippen LogP contribution in [0.5, 0.6) is 0 Å². The normalized spacial score (nSPS) is 37.0. The van der Waals surface area contributed by atoms with Crippen LogP contribution in [0.1, 0.15) is 77.8 Å². The molecule has 7 rings (SSSR count). The lowest BCUT2D eigenvalue weighted by atomic mass is 9.75. The van der Waals surface area contributed by atoms with Crippen molar-refractivity contribution in [2.45, 2.75) is 183 Å². The smallest absolute Gasteiger partial charge is 0.251 e. The second-order valence-electron chi connectivity index (χ2n) is 19.8. The molecule has 1 aromatic heterocycles. The number of ether oxygens (including phenoxy) is 7. The molecule has 0 bridgehead atoms. The molecule has 24 nitrogen and oxygen atoms in total. The predicted octanol–water partition coefficient (Wildman–Crippen LogP) is -1.95. The first-order valence-corrected chi connectivity index (χ1v) is 25.4. The van der Waals surface area contributed by atoms with Gasteiger partial charge in [0, 0.05) is 38.0 Å². The molecule has 5 fully saturated rings. The van der Waals surface area contributed by atoms with Crippen LogP contribution < -0.4 is 10.6 Å². The van der Waals surface area contributed by atoms with E-state index in [-0.39, 0.29) is 55.1 Å². The Morgan fingerprint density at radius 2 is 1.57 bits per heavy atom. The van der Waals surface area contributed by atoms with Crippen LogP contribution in [0.4, 0.5) is 8.78 Å². The lowest BCUT2D eigenvalue weighted by molar-refractivity contribution is -0.338. The first-order chi connectivity index (χ1) is 35.3. The van der Waals surface area contributed by atoms with Gasteiger partial charge in [-0.3, -0.25) is 14.4 Å². The van der Waals surface area contributed by atoms with Crippen LogP contribution >= 0.6 is 0 Å². The maximum Gasteiger partial charge on any atom is 0.251 e. The number of aliphatic hydroxyl groups excluding tert-OH is 8. The number of aromatic nitrogens is 3. The molecule has 0 radical (unpaired) electrons. The average molecular weight is 1060 g/mol. The number of aryl methyl sites for hydroxylation is 1. The maximum absolute atomic E-state index is 14.3. The molecule has 10 N–H and O–H groups in total. The highest BCUT2D eigenvalue weighted by Gasteiger charge is 2.53. The number of likely N-dealkylation sites (tertiary alicyclic amines) is 1. The number of rotatable bonds is 20. The van der Waals surface area contributed by atoms with Gasteiger partial charge in [0.05, 0.1) is 44.3 Å². The first kappa shape index (κ1) is 57.7. The Bertz CT molecular complexity index is 2180. The van der Waals surface area contributed by atoms with Gasteiger partial charge in [-0.05, 0) is 63.1 Å². The number of nitrogens with zero attached hydrogens (tertiary/aromatic N) is 4. The molecular formula is C48H72F2N6O18. The highest BCUT2D eigenvalue weighted by atomic mass is 19.2. The third-order valence-electron chi connectivity index (χ3n) is 14.6. The minimum atomic E-state index is -1.71. The lowest BCUT2D eigenvalue weighted by Crippen LogP contribution is -2.67. The molecule has 9 unspecified atom stereocenters. The van der Waals surface area contributed by atoms with Gasteiger partial charge in [0.2, 0.25) is 11.8 Å². The van der Waals surface area contributed by atoms with E-state index in [1.54, 1.807) is 4.90 Å². The zero-order chi connectivity index (χ0) is 53.7. The van der Waals surface area contributed by atoms with Gasteiger partial charge in [0.25, 0.3) is 5.91 Å². The number of aliphatic hydroxyl groups is 8. The molecule has 5 heterocycles. The number of amides is 3. The van der Waals surface area contributed by atoms with Gasteiger partial charge in [-0.1, -0.05) is 31.9 Å². The quantitative estimate of drug-likeness (QED) is 0.0644. The molecular weight excluding hydrogens is 987 g/mol. The number of nitrogens with one attached hydrogen (secondary N) is 2. The summed E-state index contributed by atoms with van der Waals surface area (Å²) in [5.41, 5.74) is 0.296. The van der Waals surface area contributed by atoms with Crippen molar-refractivity contribution in [1.82, 2.24) is 30.5 Å². The van der Waals surface area contributed by atoms with Crippen molar-refractivity contribution in [2.75, 3.05) is 39.5 Å². The highest BCUT2D eigenvalue weighted by molar-refractivity contribution is 5.81. The summed E-state index contributed by atoms with van der Waals surface area (Å²) in [5.74, 6) is -4.83. The van der Waals surface area contributed by atoms with Crippen molar-refractivity contribution in [3.8, 4) is 11.3 Å². The zero-order valence-electron chi connectivity index (χ0n) is 42.0. The summed E-state index contributed by atoms with van der Waals surface area (Å²) < 4.78 is 72.4. The first-order valence-electron chi connectivity index (χ1n) is 25.4. The SMILES string of the molecule is CCC[C@H](OC1C(NC(C)=O)[C@H](O[C@@H]2CC(C(=O)NCCO[C@H]3OC(CO)[C@@H](O)C(n4cc(-c5cc(C)c(F)c(F)c5)nn4)C3O)CC(CC)[C@H]2O[C@@H]2OC(C)[C@@H](O)[C@H](O)C2O)O[C@@H](CO)[C@@H]1O)C(=O)N1CCC1. The summed E-state index contributed by atoms with van der Waals surface area (Å²) in [6, 6.07) is -0.312. The van der Waals surface area contributed by atoms with Crippen LogP contribution in [0.2, 0.25) is 0 Å². The molecule has 1 aliphatic carbocycles. The summed E-state index contributed by atoms with van der Waals surface area (Å²) in [4.78, 5) is 42.2. The molecule has 1 saturated carbocycles. The van der Waals surface area contributed by atoms with Crippen molar-refractivity contribution in [2.24, 2.45) is 11.8 Å². The van der Waals surface area contributed by atoms with Crippen LogP contribution in [0.15, 0.2) is 18.3 Å². The predicted molar refractivity (Wildman–Crippen MR) is 249 cm³/mol. The van der Waals surface area contributed by atoms with E-state index < -0.39 is 159 Å². The number of benzene rings is 1. The summed E-state index contributed by atoms with van der Waals surface area (Å²) >= 11 is 0. The van der Waals surface area contributed by atoms with Gasteiger partial charge in [-0.2, -0.15) is 0 Å². The molecule has 4 saturated heterocycles. The topological polar surface area (TPSA) is 336 Å². The van der Waals surface area contributed by atoms with Gasteiger partial charge in [0.1, 0.15) is 78.8 Å². The number of hydrogen-bond donors (Lipinski definition) is 10. The second-order valence-corrected chi connectivity index (χ2v) is 19.8. The zero-order valence-corrected chi connectivity index (χ0v) is 42.0. The fourth-order valence-corrected chi connectivity index (χ4v) is 10.3. The molecule has 3 amide bonds. The van der Waals surface area contributed by atoms with Crippen LogP contribution in [0.3, 0.4) is 0 Å². The van der Waals surface area contributed by atoms with Crippen molar-refractivity contribution in [3.05, 3.63) is 35.5 Å². The van der Waals surface area contributed by atoms with Gasteiger partial charge < -0.3 is 89.5 Å². The van der Waals surface area contributed by atoms with Gasteiger partial charge >= 0.3 is 0 Å². The van der Waals surface area contributed by atoms with E-state index in [4.69, 9.17) is 33.2 Å². The van der Waals surface area contributed by atoms with Crippen molar-refractivity contribution < 1.29 is 97.2 Å². The molecule has 4 aliphatic heterocycles. The average Bonchev–Trinajstić information content (AvgIpc) is 3.84. The highest BCUT2D eigenvalue weighted by Crippen LogP contribution is 2.40. The minimum absolute atomic E-state index is 0.0166. The fourth-order valence-electron chi connectivity index (χ4n) is 10.3. The molecule has 20 atom stereocenters. The van der Waals surface area contributed by atoms with E-state index in [1.165, 1.54) is 33.0 Å². The molecule has 0 spiro atoms. The number of carbonyl (C=O) groups is 3. The monoisotopic (exact) mass is 1060 g/mol. The minimum Gasteiger partial charge on any atom is -0.394 e. The summed E-state index contributed by atoms with van der Waals surface area (Å²) in [5, 5.41) is 100. The second kappa shape index (κ2) is 25.5. The fraction of sp³-hybridized carbons (Fsp3) is 0.771. The molecule has 416 valence electrons. The van der Waals surface area contributed by atoms with Crippen LogP contribution in [0.25, 0.3) is 11.3 Å². The van der Waals surface area contributed by atoms with Crippen LogP contribution in [0, 0.1) is 30.4 Å². The Morgan fingerprint density at radius 3 is 2.20 bits per heavy atom. The van der Waals surface area contributed by atoms with E-state index in [9.17, 15) is 64.0 Å². The van der Waals surface area contributed by atoms with E-state index in [1.807, 2.05) is 13.8 Å². The molecule has 1 aromatic carbocycles. The number of halogens is 2. The van der Waals surface area contributed by atoms with E-state index in [0.717, 1.165) is 17.2 Å². The molecule has 5 aliphatic rings. The molecule has 74 heavy (non-hydrogen) atoms. The van der Waals surface area contributed by atoms with E-state index in [2.05, 4.69) is 20.9 Å². The standard InChI is InChI=1S/C48H72F2N6O18/c1-6-9-29(45(67)55-11-8-12-55)70-43-34(52-23(5)59)46(72-32(20-58)38(43)62)71-30-17-26(15-24(7-2)42(30)74-48-41(65)40(64)36(60)22(4)69-48)44(66)51-10-13-68-47-39(63)35(37(61)31(19-57)73-47)56-18-28(53-54-56)25-14-21(3)33(50)27(49)16-25/h14,16,18,22,24,26,29-32,34-43,46-48,57-58,60-65H,6-13,15,17,19-20H2,1-5H3,(H,51,66)(H,52,59)/t22?,24?,26?,29-,30+,31?,32-,34?,35?,36+,37+,38-,39?,40-,41?,42+,43?,46+,47-,48-/m0/s1. The summed E-state index contributed by atoms with van der Waals surface area (Å²) in [6.45, 7) is 7.01. The molecule has 26 heteroatoms.